The second-order valence-corrected chi connectivity index (χ2v) is 8.59. The first-order valence-electron chi connectivity index (χ1n) is 12.1. The molecule has 34 heavy (non-hydrogen) atoms. The van der Waals surface area contributed by atoms with Gasteiger partial charge >= 0.3 is 11.9 Å². The van der Waals surface area contributed by atoms with Crippen LogP contribution in [-0.4, -0.2) is 18.2 Å². The van der Waals surface area contributed by atoms with Gasteiger partial charge in [-0.05, 0) is 35.2 Å². The molecule has 0 radical (unpaired) electrons. The zero-order valence-corrected chi connectivity index (χ0v) is 20.0. The van der Waals surface area contributed by atoms with Crippen molar-refractivity contribution < 1.29 is 23.8 Å². The Labute approximate surface area is 202 Å². The summed E-state index contributed by atoms with van der Waals surface area (Å²) >= 11 is 0. The molecule has 2 aromatic carbocycles. The van der Waals surface area contributed by atoms with Gasteiger partial charge < -0.3 is 14.2 Å². The molecule has 1 aliphatic heterocycles. The largest absolute Gasteiger partial charge is 0.455 e. The molecule has 3 rings (SSSR count). The number of carbonyl (C=O) groups excluding carboxylic acids is 2. The van der Waals surface area contributed by atoms with Crippen LogP contribution in [0.5, 0.6) is 5.75 Å². The highest BCUT2D eigenvalue weighted by molar-refractivity contribution is 5.90. The van der Waals surface area contributed by atoms with Gasteiger partial charge in [0.1, 0.15) is 11.9 Å². The van der Waals surface area contributed by atoms with Crippen LogP contribution in [0.4, 0.5) is 0 Å². The summed E-state index contributed by atoms with van der Waals surface area (Å²) in [5.74, 6) is -0.160. The van der Waals surface area contributed by atoms with E-state index in [-0.39, 0.29) is 12.1 Å². The fourth-order valence-corrected chi connectivity index (χ4v) is 3.93. The maximum absolute atomic E-state index is 11.7. The Balaban J connectivity index is 1.57. The van der Waals surface area contributed by atoms with Crippen molar-refractivity contribution in [2.75, 3.05) is 0 Å². The summed E-state index contributed by atoms with van der Waals surface area (Å²) in [7, 11) is 0. The van der Waals surface area contributed by atoms with Gasteiger partial charge in [-0.3, -0.25) is 0 Å². The van der Waals surface area contributed by atoms with Gasteiger partial charge in [0.25, 0.3) is 0 Å². The van der Waals surface area contributed by atoms with E-state index < -0.39 is 12.3 Å². The van der Waals surface area contributed by atoms with E-state index >= 15 is 0 Å². The molecular weight excluding hydrogens is 428 g/mol. The van der Waals surface area contributed by atoms with E-state index in [1.165, 1.54) is 25.7 Å². The summed E-state index contributed by atoms with van der Waals surface area (Å²) < 4.78 is 16.7. The van der Waals surface area contributed by atoms with Crippen molar-refractivity contribution in [3.8, 4) is 16.9 Å². The molecule has 0 N–H and O–H groups in total. The lowest BCUT2D eigenvalue weighted by Crippen LogP contribution is -2.23. The maximum Gasteiger partial charge on any atom is 0.334 e. The average molecular weight is 463 g/mol. The second-order valence-electron chi connectivity index (χ2n) is 8.59. The number of hydrogen-bond donors (Lipinski definition) is 0. The van der Waals surface area contributed by atoms with Crippen LogP contribution >= 0.6 is 0 Å². The Bertz CT molecular complexity index is 959. The number of esters is 2. The molecule has 2 aromatic rings. The van der Waals surface area contributed by atoms with Crippen molar-refractivity contribution in [2.24, 2.45) is 0 Å². The van der Waals surface area contributed by atoms with E-state index in [4.69, 9.17) is 14.2 Å². The van der Waals surface area contributed by atoms with E-state index in [1.54, 1.807) is 0 Å². The molecule has 1 heterocycles. The first-order chi connectivity index (χ1) is 16.5. The monoisotopic (exact) mass is 462 g/mol. The van der Waals surface area contributed by atoms with Crippen molar-refractivity contribution >= 4 is 11.9 Å². The van der Waals surface area contributed by atoms with Crippen LogP contribution in [0, 0.1) is 0 Å². The minimum Gasteiger partial charge on any atom is -0.455 e. The summed E-state index contributed by atoms with van der Waals surface area (Å²) in [6.45, 7) is 9.41. The molecule has 5 heteroatoms. The quantitative estimate of drug-likeness (QED) is 0.138. The van der Waals surface area contributed by atoms with Gasteiger partial charge in [-0.1, -0.05) is 88.6 Å². The average Bonchev–Trinajstić information content (AvgIpc) is 3.19. The normalized spacial score (nSPS) is 16.1. The summed E-state index contributed by atoms with van der Waals surface area (Å²) in [5, 5.41) is 0. The van der Waals surface area contributed by atoms with Gasteiger partial charge in [0.05, 0.1) is 0 Å². The molecule has 180 valence electrons. The van der Waals surface area contributed by atoms with Gasteiger partial charge in [0.2, 0.25) is 6.29 Å². The Morgan fingerprint density at radius 2 is 1.65 bits per heavy atom. The number of unbranched alkanes of at least 4 members (excludes halogenated alkanes) is 5. The van der Waals surface area contributed by atoms with Crippen LogP contribution in [-0.2, 0) is 19.1 Å². The number of hydrogen-bond acceptors (Lipinski definition) is 5. The molecule has 1 saturated heterocycles. The van der Waals surface area contributed by atoms with Crippen molar-refractivity contribution in [3.63, 3.8) is 0 Å². The van der Waals surface area contributed by atoms with Crippen LogP contribution in [0.2, 0.25) is 0 Å². The Morgan fingerprint density at radius 1 is 1.03 bits per heavy atom. The third kappa shape index (κ3) is 7.34. The molecule has 0 amide bonds. The molecule has 1 aliphatic rings. The van der Waals surface area contributed by atoms with Gasteiger partial charge in [-0.2, -0.15) is 0 Å². The van der Waals surface area contributed by atoms with Gasteiger partial charge in [0.15, 0.2) is 0 Å². The zero-order valence-electron chi connectivity index (χ0n) is 20.0. The van der Waals surface area contributed by atoms with Gasteiger partial charge in [-0.15, -0.1) is 0 Å². The lowest BCUT2D eigenvalue weighted by molar-refractivity contribution is -0.158. The molecule has 0 saturated carbocycles. The molecule has 5 nitrogen and oxygen atoms in total. The molecule has 0 aromatic heterocycles. The third-order valence-corrected chi connectivity index (χ3v) is 5.92. The summed E-state index contributed by atoms with van der Waals surface area (Å²) in [6, 6.07) is 15.7. The third-order valence-electron chi connectivity index (χ3n) is 5.92. The lowest BCUT2D eigenvalue weighted by Gasteiger charge is -2.19. The smallest absolute Gasteiger partial charge is 0.334 e. The number of benzene rings is 2. The fourth-order valence-electron chi connectivity index (χ4n) is 3.93. The highest BCUT2D eigenvalue weighted by Crippen LogP contribution is 2.33. The van der Waals surface area contributed by atoms with Crippen LogP contribution in [0.15, 0.2) is 73.3 Å². The number of cyclic esters (lactones) is 1. The van der Waals surface area contributed by atoms with E-state index in [2.05, 4.69) is 20.1 Å². The van der Waals surface area contributed by atoms with Gasteiger partial charge in [0, 0.05) is 24.5 Å². The fraction of sp³-hybridized carbons (Fsp3) is 0.379. The van der Waals surface area contributed by atoms with E-state index in [1.807, 2.05) is 48.5 Å². The first-order valence-corrected chi connectivity index (χ1v) is 12.1. The highest BCUT2D eigenvalue weighted by atomic mass is 16.7. The minimum absolute atomic E-state index is 0.258. The Hall–Kier alpha value is -3.34. The number of carbonyl (C=O) groups is 2. The number of ether oxygens (including phenoxy) is 3. The standard InChI is InChI=1S/C29H34O5/c1-4-6-7-8-9-10-11-28(34-27(30)5-2)32-25-18-16-23(17-19-25)22-12-14-24(15-13-22)26-20-21(3)29(31)33-26/h5,12-19,26,28H,2-4,6-11,20H2,1H3. The zero-order chi connectivity index (χ0) is 24.3. The topological polar surface area (TPSA) is 61.8 Å². The van der Waals surface area contributed by atoms with Crippen LogP contribution in [0.1, 0.15) is 70.0 Å². The van der Waals surface area contributed by atoms with Crippen LogP contribution < -0.4 is 4.74 Å². The summed E-state index contributed by atoms with van der Waals surface area (Å²) in [6.07, 6.45) is 8.36. The molecular formula is C29H34O5. The highest BCUT2D eigenvalue weighted by Gasteiger charge is 2.28. The van der Waals surface area contributed by atoms with Crippen molar-refractivity contribution in [1.29, 1.82) is 0 Å². The van der Waals surface area contributed by atoms with E-state index in [0.29, 0.717) is 24.2 Å². The molecule has 2 atom stereocenters. The summed E-state index contributed by atoms with van der Waals surface area (Å²) in [5.41, 5.74) is 3.54. The van der Waals surface area contributed by atoms with Crippen molar-refractivity contribution in [2.45, 2.75) is 70.7 Å². The molecule has 2 unspecified atom stereocenters. The molecule has 0 spiro atoms. The molecule has 0 aliphatic carbocycles. The van der Waals surface area contributed by atoms with E-state index in [9.17, 15) is 9.59 Å². The first kappa shape index (κ1) is 25.3. The Kier molecular flexibility index (Phi) is 9.51. The van der Waals surface area contributed by atoms with Crippen molar-refractivity contribution in [3.05, 3.63) is 78.9 Å². The Morgan fingerprint density at radius 3 is 2.24 bits per heavy atom. The van der Waals surface area contributed by atoms with Crippen LogP contribution in [0.25, 0.3) is 11.1 Å². The second kappa shape index (κ2) is 12.8. The minimum atomic E-state index is -0.634. The van der Waals surface area contributed by atoms with Crippen molar-refractivity contribution in [1.82, 2.24) is 0 Å². The van der Waals surface area contributed by atoms with E-state index in [0.717, 1.165) is 35.6 Å². The van der Waals surface area contributed by atoms with Crippen LogP contribution in [0.3, 0.4) is 0 Å². The van der Waals surface area contributed by atoms with Gasteiger partial charge in [-0.25, -0.2) is 9.59 Å². The number of rotatable bonds is 13. The predicted molar refractivity (Wildman–Crippen MR) is 133 cm³/mol. The summed E-state index contributed by atoms with van der Waals surface area (Å²) in [4.78, 5) is 23.3. The lowest BCUT2D eigenvalue weighted by atomic mass is 10.00. The molecule has 0 bridgehead atoms. The SMILES string of the molecule is C=CC(=O)OC(CCCCCCCC)Oc1ccc(-c2ccc(C3CC(=C)C(=O)O3)cc2)cc1. The maximum atomic E-state index is 11.7. The molecule has 1 fully saturated rings. The predicted octanol–water partition coefficient (Wildman–Crippen LogP) is 7.08.